The summed E-state index contributed by atoms with van der Waals surface area (Å²) >= 11 is 0. The summed E-state index contributed by atoms with van der Waals surface area (Å²) in [5, 5.41) is 0. The Kier molecular flexibility index (Phi) is 6.55. The fraction of sp³-hybridized carbons (Fsp3) is 0.458. The standard InChI is InChI=1S/C24H30N2O4/c1-3-29-23-7-5-4-6-21(23)24(27)26-16-20-14-19(15-25-10-12-28-13-11-25)8-9-22(20)30-17-18(26)2/h4-9,14,18H,3,10-13,15-17H2,1-2H3. The van der Waals surface area contributed by atoms with Gasteiger partial charge in [-0.25, -0.2) is 0 Å². The minimum absolute atomic E-state index is 0.0263. The van der Waals surface area contributed by atoms with E-state index in [1.807, 2.05) is 49.1 Å². The number of rotatable bonds is 5. The molecular formula is C24H30N2O4. The van der Waals surface area contributed by atoms with Gasteiger partial charge in [-0.15, -0.1) is 0 Å². The Hall–Kier alpha value is -2.57. The Morgan fingerprint density at radius 1 is 1.17 bits per heavy atom. The number of fused-ring (bicyclic) bond motifs is 1. The lowest BCUT2D eigenvalue weighted by atomic mass is 10.1. The molecule has 2 aromatic rings. The van der Waals surface area contributed by atoms with Gasteiger partial charge in [-0.3, -0.25) is 9.69 Å². The van der Waals surface area contributed by atoms with Crippen molar-refractivity contribution < 1.29 is 19.0 Å². The van der Waals surface area contributed by atoms with Gasteiger partial charge in [0.15, 0.2) is 0 Å². The van der Waals surface area contributed by atoms with Crippen LogP contribution >= 0.6 is 0 Å². The highest BCUT2D eigenvalue weighted by molar-refractivity contribution is 5.97. The molecule has 1 saturated heterocycles. The van der Waals surface area contributed by atoms with Crippen molar-refractivity contribution in [3.8, 4) is 11.5 Å². The molecular weight excluding hydrogens is 380 g/mol. The number of para-hydroxylation sites is 1. The lowest BCUT2D eigenvalue weighted by Gasteiger charge is -2.28. The summed E-state index contributed by atoms with van der Waals surface area (Å²) in [6.07, 6.45) is 0. The summed E-state index contributed by atoms with van der Waals surface area (Å²) in [5.74, 6) is 1.46. The smallest absolute Gasteiger partial charge is 0.258 e. The zero-order valence-electron chi connectivity index (χ0n) is 17.8. The molecule has 160 valence electrons. The maximum atomic E-state index is 13.4. The van der Waals surface area contributed by atoms with E-state index in [0.29, 0.717) is 31.1 Å². The topological polar surface area (TPSA) is 51.2 Å². The van der Waals surface area contributed by atoms with Crippen molar-refractivity contribution in [2.45, 2.75) is 33.0 Å². The van der Waals surface area contributed by atoms with Gasteiger partial charge in [0.05, 0.1) is 38.0 Å². The Balaban J connectivity index is 1.56. The van der Waals surface area contributed by atoms with Crippen LogP contribution in [0.4, 0.5) is 0 Å². The molecule has 1 fully saturated rings. The molecule has 0 N–H and O–H groups in total. The molecule has 1 amide bonds. The van der Waals surface area contributed by atoms with Gasteiger partial charge in [0, 0.05) is 25.2 Å². The first-order valence-corrected chi connectivity index (χ1v) is 10.7. The van der Waals surface area contributed by atoms with Crippen LogP contribution in [0.2, 0.25) is 0 Å². The molecule has 4 rings (SSSR count). The summed E-state index contributed by atoms with van der Waals surface area (Å²) in [6.45, 7) is 9.82. The summed E-state index contributed by atoms with van der Waals surface area (Å²) in [4.78, 5) is 17.7. The largest absolute Gasteiger partial charge is 0.493 e. The molecule has 0 saturated carbocycles. The van der Waals surface area contributed by atoms with E-state index in [-0.39, 0.29) is 11.9 Å². The van der Waals surface area contributed by atoms with Gasteiger partial charge < -0.3 is 19.1 Å². The van der Waals surface area contributed by atoms with E-state index in [1.54, 1.807) is 0 Å². The molecule has 0 aliphatic carbocycles. The van der Waals surface area contributed by atoms with Crippen molar-refractivity contribution in [1.29, 1.82) is 0 Å². The van der Waals surface area contributed by atoms with Crippen LogP contribution in [0.15, 0.2) is 42.5 Å². The molecule has 2 heterocycles. The highest BCUT2D eigenvalue weighted by Crippen LogP contribution is 2.29. The molecule has 0 bridgehead atoms. The van der Waals surface area contributed by atoms with Gasteiger partial charge in [0.2, 0.25) is 0 Å². The predicted molar refractivity (Wildman–Crippen MR) is 115 cm³/mol. The van der Waals surface area contributed by atoms with Gasteiger partial charge >= 0.3 is 0 Å². The Morgan fingerprint density at radius 2 is 1.97 bits per heavy atom. The van der Waals surface area contributed by atoms with Crippen LogP contribution in [0, 0.1) is 0 Å². The number of hydrogen-bond donors (Lipinski definition) is 0. The first-order chi connectivity index (χ1) is 14.7. The monoisotopic (exact) mass is 410 g/mol. The Labute approximate surface area is 178 Å². The molecule has 0 spiro atoms. The third-order valence-electron chi connectivity index (χ3n) is 5.67. The first kappa shape index (κ1) is 20.7. The predicted octanol–water partition coefficient (Wildman–Crippen LogP) is 3.34. The van der Waals surface area contributed by atoms with Crippen LogP contribution in [-0.4, -0.2) is 61.3 Å². The average molecular weight is 411 g/mol. The van der Waals surface area contributed by atoms with Gasteiger partial charge in [-0.05, 0) is 43.7 Å². The van der Waals surface area contributed by atoms with E-state index < -0.39 is 0 Å². The Bertz CT molecular complexity index is 879. The molecule has 1 atom stereocenters. The highest BCUT2D eigenvalue weighted by atomic mass is 16.5. The van der Waals surface area contributed by atoms with E-state index in [1.165, 1.54) is 5.56 Å². The summed E-state index contributed by atoms with van der Waals surface area (Å²) in [5.41, 5.74) is 2.88. The molecule has 6 heteroatoms. The van der Waals surface area contributed by atoms with Crippen LogP contribution in [-0.2, 0) is 17.8 Å². The zero-order chi connectivity index (χ0) is 20.9. The number of ether oxygens (including phenoxy) is 3. The maximum Gasteiger partial charge on any atom is 0.258 e. The quantitative estimate of drug-likeness (QED) is 0.757. The number of amides is 1. The third-order valence-corrected chi connectivity index (χ3v) is 5.67. The number of carbonyl (C=O) groups is 1. The molecule has 2 aliphatic heterocycles. The number of nitrogens with zero attached hydrogens (tertiary/aromatic N) is 2. The van der Waals surface area contributed by atoms with Gasteiger partial charge in [-0.2, -0.15) is 0 Å². The van der Waals surface area contributed by atoms with Gasteiger partial charge in [-0.1, -0.05) is 18.2 Å². The number of morpholine rings is 1. The second-order valence-electron chi connectivity index (χ2n) is 7.85. The molecule has 6 nitrogen and oxygen atoms in total. The van der Waals surface area contributed by atoms with Gasteiger partial charge in [0.25, 0.3) is 5.91 Å². The van der Waals surface area contributed by atoms with Crippen molar-refractivity contribution in [2.75, 3.05) is 39.5 Å². The van der Waals surface area contributed by atoms with Crippen LogP contribution in [0.5, 0.6) is 11.5 Å². The summed E-state index contributed by atoms with van der Waals surface area (Å²) < 4.78 is 17.2. The molecule has 2 aliphatic rings. The maximum absolute atomic E-state index is 13.4. The van der Waals surface area contributed by atoms with Crippen molar-refractivity contribution >= 4 is 5.91 Å². The van der Waals surface area contributed by atoms with E-state index in [4.69, 9.17) is 14.2 Å². The molecule has 0 aromatic heterocycles. The van der Waals surface area contributed by atoms with Crippen LogP contribution < -0.4 is 9.47 Å². The van der Waals surface area contributed by atoms with Crippen LogP contribution in [0.3, 0.4) is 0 Å². The van der Waals surface area contributed by atoms with E-state index >= 15 is 0 Å². The van der Waals surface area contributed by atoms with Gasteiger partial charge in [0.1, 0.15) is 18.1 Å². The molecule has 30 heavy (non-hydrogen) atoms. The highest BCUT2D eigenvalue weighted by Gasteiger charge is 2.28. The van der Waals surface area contributed by atoms with Crippen molar-refractivity contribution in [2.24, 2.45) is 0 Å². The average Bonchev–Trinajstić information content (AvgIpc) is 2.93. The summed E-state index contributed by atoms with van der Waals surface area (Å²) in [7, 11) is 0. The normalized spacial score (nSPS) is 19.5. The lowest BCUT2D eigenvalue weighted by molar-refractivity contribution is 0.0341. The van der Waals surface area contributed by atoms with Crippen molar-refractivity contribution in [1.82, 2.24) is 9.80 Å². The second kappa shape index (κ2) is 9.49. The SMILES string of the molecule is CCOc1ccccc1C(=O)N1Cc2cc(CN3CCOCC3)ccc2OCC1C. The minimum Gasteiger partial charge on any atom is -0.493 e. The van der Waals surface area contributed by atoms with E-state index in [2.05, 4.69) is 17.0 Å². The summed E-state index contributed by atoms with van der Waals surface area (Å²) in [6, 6.07) is 13.8. The van der Waals surface area contributed by atoms with E-state index in [9.17, 15) is 4.79 Å². The third kappa shape index (κ3) is 4.60. The van der Waals surface area contributed by atoms with Crippen molar-refractivity contribution in [3.63, 3.8) is 0 Å². The lowest BCUT2D eigenvalue weighted by Crippen LogP contribution is -2.40. The fourth-order valence-electron chi connectivity index (χ4n) is 4.00. The first-order valence-electron chi connectivity index (χ1n) is 10.7. The zero-order valence-corrected chi connectivity index (χ0v) is 17.8. The number of benzene rings is 2. The second-order valence-corrected chi connectivity index (χ2v) is 7.85. The minimum atomic E-state index is -0.0396. The number of carbonyl (C=O) groups excluding carboxylic acids is 1. The molecule has 2 aromatic carbocycles. The fourth-order valence-corrected chi connectivity index (χ4v) is 4.00. The number of hydrogen-bond acceptors (Lipinski definition) is 5. The van der Waals surface area contributed by atoms with Crippen molar-refractivity contribution in [3.05, 3.63) is 59.2 Å². The van der Waals surface area contributed by atoms with E-state index in [0.717, 1.165) is 44.2 Å². The molecule has 1 unspecified atom stereocenters. The Morgan fingerprint density at radius 3 is 2.77 bits per heavy atom. The van der Waals surface area contributed by atoms with Crippen LogP contribution in [0.1, 0.15) is 35.3 Å². The molecule has 0 radical (unpaired) electrons. The van der Waals surface area contributed by atoms with Crippen LogP contribution in [0.25, 0.3) is 0 Å².